The van der Waals surface area contributed by atoms with Crippen LogP contribution in [0.4, 0.5) is 4.39 Å². The van der Waals surface area contributed by atoms with Crippen molar-refractivity contribution < 1.29 is 9.50 Å². The molecule has 0 radical (unpaired) electrons. The molecule has 0 spiro atoms. The molecule has 4 heteroatoms. The predicted molar refractivity (Wildman–Crippen MR) is 106 cm³/mol. The molecular weight excluding hydrogens is 339 g/mol. The zero-order valence-corrected chi connectivity index (χ0v) is 15.4. The van der Waals surface area contributed by atoms with E-state index in [0.29, 0.717) is 17.9 Å². The quantitative estimate of drug-likeness (QED) is 0.556. The Hall–Kier alpha value is -2.98. The number of aromatic nitrogens is 2. The Labute approximate surface area is 157 Å². The average molecular weight is 360 g/mol. The normalized spacial score (nSPS) is 11.3. The van der Waals surface area contributed by atoms with E-state index >= 15 is 0 Å². The second-order valence-electron chi connectivity index (χ2n) is 6.85. The lowest BCUT2D eigenvalue weighted by atomic mass is 9.96. The van der Waals surface area contributed by atoms with Crippen LogP contribution in [0.3, 0.4) is 0 Å². The summed E-state index contributed by atoms with van der Waals surface area (Å²) < 4.78 is 16.5. The van der Waals surface area contributed by atoms with Crippen molar-refractivity contribution in [2.75, 3.05) is 0 Å². The Balaban J connectivity index is 1.97. The van der Waals surface area contributed by atoms with E-state index in [2.05, 4.69) is 4.98 Å². The molecule has 0 fully saturated rings. The smallest absolute Gasteiger partial charge is 0.196 e. The van der Waals surface area contributed by atoms with E-state index in [9.17, 15) is 9.50 Å². The van der Waals surface area contributed by atoms with E-state index in [-0.39, 0.29) is 12.6 Å². The summed E-state index contributed by atoms with van der Waals surface area (Å²) in [6.45, 7) is 4.17. The van der Waals surface area contributed by atoms with E-state index in [1.807, 2.05) is 68.4 Å². The van der Waals surface area contributed by atoms with Crippen molar-refractivity contribution in [3.8, 4) is 11.1 Å². The molecule has 0 saturated carbocycles. The van der Waals surface area contributed by atoms with Crippen LogP contribution >= 0.6 is 0 Å². The number of benzene rings is 2. The molecule has 3 nitrogen and oxygen atoms in total. The molecule has 0 saturated heterocycles. The van der Waals surface area contributed by atoms with E-state index < -0.39 is 0 Å². The van der Waals surface area contributed by atoms with Crippen LogP contribution in [0.2, 0.25) is 0 Å². The number of fused-ring (bicyclic) bond motifs is 1. The molecule has 1 N–H and O–H groups in total. The summed E-state index contributed by atoms with van der Waals surface area (Å²) in [5.41, 5.74) is 6.02. The van der Waals surface area contributed by atoms with Crippen molar-refractivity contribution in [2.24, 2.45) is 0 Å². The van der Waals surface area contributed by atoms with E-state index in [4.69, 9.17) is 0 Å². The molecule has 2 aromatic carbocycles. The van der Waals surface area contributed by atoms with Gasteiger partial charge in [0.25, 0.3) is 0 Å². The first-order chi connectivity index (χ1) is 13.1. The van der Waals surface area contributed by atoms with Gasteiger partial charge in [0.15, 0.2) is 5.95 Å². The van der Waals surface area contributed by atoms with Crippen LogP contribution in [-0.4, -0.2) is 14.7 Å². The van der Waals surface area contributed by atoms with Gasteiger partial charge in [-0.2, -0.15) is 4.39 Å². The molecule has 0 aliphatic carbocycles. The maximum atomic E-state index is 14.9. The number of nitrogens with zero attached hydrogens (tertiary/aromatic N) is 2. The van der Waals surface area contributed by atoms with Crippen molar-refractivity contribution in [3.63, 3.8) is 0 Å². The van der Waals surface area contributed by atoms with Gasteiger partial charge < -0.3 is 5.11 Å². The number of pyridine rings is 1. The first kappa shape index (κ1) is 17.4. The van der Waals surface area contributed by atoms with Gasteiger partial charge in [0, 0.05) is 28.3 Å². The molecule has 0 aliphatic rings. The van der Waals surface area contributed by atoms with Gasteiger partial charge in [0.1, 0.15) is 5.65 Å². The minimum Gasteiger partial charge on any atom is -0.392 e. The van der Waals surface area contributed by atoms with Gasteiger partial charge in [-0.1, -0.05) is 60.2 Å². The SMILES string of the molecule is Cc1ccc(-c2c(CO)c(C)nc3c2cc(F)n3Cc2ccccc2)cc1. The summed E-state index contributed by atoms with van der Waals surface area (Å²) in [7, 11) is 0. The third kappa shape index (κ3) is 3.13. The predicted octanol–water partition coefficient (Wildman–Crippen LogP) is 5.00. The van der Waals surface area contributed by atoms with Crippen LogP contribution in [0.5, 0.6) is 0 Å². The highest BCUT2D eigenvalue weighted by Crippen LogP contribution is 2.35. The van der Waals surface area contributed by atoms with Gasteiger partial charge in [-0.15, -0.1) is 0 Å². The topological polar surface area (TPSA) is 38.1 Å². The minimum atomic E-state index is -0.329. The zero-order chi connectivity index (χ0) is 19.0. The van der Waals surface area contributed by atoms with Gasteiger partial charge in [-0.25, -0.2) is 4.98 Å². The lowest BCUT2D eigenvalue weighted by Crippen LogP contribution is -2.05. The Kier molecular flexibility index (Phi) is 4.50. The largest absolute Gasteiger partial charge is 0.392 e. The molecule has 0 aliphatic heterocycles. The number of aliphatic hydroxyl groups is 1. The summed E-state index contributed by atoms with van der Waals surface area (Å²) >= 11 is 0. The van der Waals surface area contributed by atoms with Crippen LogP contribution < -0.4 is 0 Å². The van der Waals surface area contributed by atoms with Gasteiger partial charge in [-0.3, -0.25) is 4.57 Å². The van der Waals surface area contributed by atoms with Gasteiger partial charge in [-0.05, 0) is 25.0 Å². The molecule has 0 amide bonds. The molecule has 2 heterocycles. The highest BCUT2D eigenvalue weighted by atomic mass is 19.1. The molecule has 0 atom stereocenters. The second-order valence-corrected chi connectivity index (χ2v) is 6.85. The fourth-order valence-electron chi connectivity index (χ4n) is 3.54. The van der Waals surface area contributed by atoms with Gasteiger partial charge in [0.05, 0.1) is 13.2 Å². The lowest BCUT2D eigenvalue weighted by molar-refractivity contribution is 0.281. The third-order valence-corrected chi connectivity index (χ3v) is 4.98. The maximum absolute atomic E-state index is 14.9. The molecule has 4 rings (SSSR count). The Morgan fingerprint density at radius 1 is 1.00 bits per heavy atom. The number of aryl methyl sites for hydroxylation is 2. The van der Waals surface area contributed by atoms with Crippen molar-refractivity contribution in [3.05, 3.63) is 89.0 Å². The van der Waals surface area contributed by atoms with Gasteiger partial charge >= 0.3 is 0 Å². The molecule has 136 valence electrons. The highest BCUT2D eigenvalue weighted by Gasteiger charge is 2.19. The maximum Gasteiger partial charge on any atom is 0.196 e. The molecule has 0 bridgehead atoms. The van der Waals surface area contributed by atoms with E-state index in [0.717, 1.165) is 33.2 Å². The minimum absolute atomic E-state index is 0.135. The summed E-state index contributed by atoms with van der Waals surface area (Å²) in [4.78, 5) is 4.63. The summed E-state index contributed by atoms with van der Waals surface area (Å²) in [5, 5.41) is 10.7. The summed E-state index contributed by atoms with van der Waals surface area (Å²) in [6, 6.07) is 19.4. The Morgan fingerprint density at radius 3 is 2.37 bits per heavy atom. The van der Waals surface area contributed by atoms with Crippen LogP contribution in [0, 0.1) is 19.8 Å². The van der Waals surface area contributed by atoms with E-state index in [1.54, 1.807) is 4.57 Å². The standard InChI is InChI=1S/C23H21FN2O/c1-15-8-10-18(11-9-15)22-19-12-21(24)26(13-17-6-4-3-5-7-17)23(19)25-16(2)20(22)14-27/h3-12,27H,13-14H2,1-2H3. The third-order valence-electron chi connectivity index (χ3n) is 4.98. The second kappa shape index (κ2) is 6.97. The number of halogens is 1. The Morgan fingerprint density at radius 2 is 1.70 bits per heavy atom. The van der Waals surface area contributed by atoms with Gasteiger partial charge in [0.2, 0.25) is 0 Å². The van der Waals surface area contributed by atoms with Crippen molar-refractivity contribution in [1.29, 1.82) is 0 Å². The molecular formula is C23H21FN2O. The fourth-order valence-corrected chi connectivity index (χ4v) is 3.54. The zero-order valence-electron chi connectivity index (χ0n) is 15.4. The number of aliphatic hydroxyl groups excluding tert-OH is 1. The first-order valence-corrected chi connectivity index (χ1v) is 8.98. The molecule has 0 unspecified atom stereocenters. The number of hydrogen-bond acceptors (Lipinski definition) is 2. The van der Waals surface area contributed by atoms with Crippen molar-refractivity contribution >= 4 is 11.0 Å². The Bertz CT molecular complexity index is 1100. The average Bonchev–Trinajstić information content (AvgIpc) is 2.97. The van der Waals surface area contributed by atoms with Crippen LogP contribution in [0.25, 0.3) is 22.2 Å². The van der Waals surface area contributed by atoms with Crippen LogP contribution in [0.1, 0.15) is 22.4 Å². The monoisotopic (exact) mass is 360 g/mol. The fraction of sp³-hybridized carbons (Fsp3) is 0.174. The van der Waals surface area contributed by atoms with Crippen molar-refractivity contribution in [1.82, 2.24) is 9.55 Å². The van der Waals surface area contributed by atoms with Crippen LogP contribution in [0.15, 0.2) is 60.7 Å². The van der Waals surface area contributed by atoms with Crippen LogP contribution in [-0.2, 0) is 13.2 Å². The summed E-state index contributed by atoms with van der Waals surface area (Å²) in [5.74, 6) is -0.329. The summed E-state index contributed by atoms with van der Waals surface area (Å²) in [6.07, 6.45) is 0. The number of hydrogen-bond donors (Lipinski definition) is 1. The van der Waals surface area contributed by atoms with Crippen molar-refractivity contribution in [2.45, 2.75) is 27.0 Å². The lowest BCUT2D eigenvalue weighted by Gasteiger charge is -2.14. The molecule has 2 aromatic heterocycles. The number of rotatable bonds is 4. The first-order valence-electron chi connectivity index (χ1n) is 8.98. The highest BCUT2D eigenvalue weighted by molar-refractivity contribution is 5.96. The molecule has 4 aromatic rings. The molecule has 27 heavy (non-hydrogen) atoms. The van der Waals surface area contributed by atoms with E-state index in [1.165, 1.54) is 6.07 Å².